The van der Waals surface area contributed by atoms with Crippen molar-refractivity contribution in [2.75, 3.05) is 13.7 Å². The van der Waals surface area contributed by atoms with Gasteiger partial charge in [0.05, 0.1) is 6.61 Å². The molecular weight excluding hydrogens is 302 g/mol. The largest absolute Gasteiger partial charge is 0.383 e. The highest BCUT2D eigenvalue weighted by Gasteiger charge is 2.26. The molecule has 0 fully saturated rings. The van der Waals surface area contributed by atoms with E-state index < -0.39 is 9.05 Å². The summed E-state index contributed by atoms with van der Waals surface area (Å²) >= 11 is 0. The quantitative estimate of drug-likeness (QED) is 0.749. The van der Waals surface area contributed by atoms with Gasteiger partial charge in [0, 0.05) is 30.8 Å². The summed E-state index contributed by atoms with van der Waals surface area (Å²) in [7, 11) is 3.03. The molecule has 0 radical (unpaired) electrons. The van der Waals surface area contributed by atoms with Crippen molar-refractivity contribution in [3.8, 4) is 0 Å². The van der Waals surface area contributed by atoms with E-state index >= 15 is 0 Å². The minimum Gasteiger partial charge on any atom is -0.383 e. The number of ether oxygens (including phenoxy) is 1. The van der Waals surface area contributed by atoms with Crippen LogP contribution in [0.4, 0.5) is 0 Å². The van der Waals surface area contributed by atoms with Crippen molar-refractivity contribution in [3.63, 3.8) is 0 Å². The summed E-state index contributed by atoms with van der Waals surface area (Å²) in [4.78, 5) is 0. The van der Waals surface area contributed by atoms with Crippen molar-refractivity contribution in [2.45, 2.75) is 45.8 Å². The molecule has 0 saturated heterocycles. The molecule has 8 heteroatoms. The predicted octanol–water partition coefficient (Wildman–Crippen LogP) is 2.08. The van der Waals surface area contributed by atoms with E-state index in [2.05, 4.69) is 37.9 Å². The van der Waals surface area contributed by atoms with Gasteiger partial charge in [-0.15, -0.1) is 10.2 Å². The molecule has 0 saturated carbocycles. The zero-order valence-corrected chi connectivity index (χ0v) is 14.1. The Morgan fingerprint density at radius 2 is 1.95 bits per heavy atom. The minimum atomic E-state index is -3.91. The molecule has 0 aliphatic heterocycles. The zero-order valence-electron chi connectivity index (χ0n) is 12.6. The van der Waals surface area contributed by atoms with E-state index in [-0.39, 0.29) is 10.6 Å². The molecule has 0 aromatic carbocycles. The number of nitrogens with zero attached hydrogens (tertiary/aromatic N) is 3. The maximum atomic E-state index is 11.5. The van der Waals surface area contributed by atoms with Gasteiger partial charge in [0.25, 0.3) is 14.2 Å². The number of hydrogen-bond acceptors (Lipinski definition) is 5. The topological polar surface area (TPSA) is 74.1 Å². The third-order valence-electron chi connectivity index (χ3n) is 3.50. The maximum Gasteiger partial charge on any atom is 0.296 e. The van der Waals surface area contributed by atoms with Gasteiger partial charge < -0.3 is 4.74 Å². The molecule has 1 aromatic rings. The van der Waals surface area contributed by atoms with E-state index in [4.69, 9.17) is 15.4 Å². The number of rotatable bonds is 6. The summed E-state index contributed by atoms with van der Waals surface area (Å²) in [5.41, 5.74) is 0.0953. The second-order valence-corrected chi connectivity index (χ2v) is 8.41. The third kappa shape index (κ3) is 4.43. The van der Waals surface area contributed by atoms with E-state index in [0.29, 0.717) is 31.3 Å². The van der Waals surface area contributed by atoms with Crippen LogP contribution in [0, 0.1) is 11.3 Å². The third-order valence-corrected chi connectivity index (χ3v) is 4.65. The fraction of sp³-hybridized carbons (Fsp3) is 0.833. The normalized spacial score (nSPS) is 14.5. The smallest absolute Gasteiger partial charge is 0.296 e. The van der Waals surface area contributed by atoms with Gasteiger partial charge in [-0.2, -0.15) is 0 Å². The lowest BCUT2D eigenvalue weighted by Crippen LogP contribution is -2.22. The van der Waals surface area contributed by atoms with E-state index in [1.165, 1.54) is 4.57 Å². The van der Waals surface area contributed by atoms with Crippen LogP contribution in [-0.4, -0.2) is 36.9 Å². The Balaban J connectivity index is 3.11. The fourth-order valence-electron chi connectivity index (χ4n) is 1.64. The molecule has 1 unspecified atom stereocenters. The van der Waals surface area contributed by atoms with Gasteiger partial charge in [-0.05, 0) is 11.3 Å². The van der Waals surface area contributed by atoms with Crippen molar-refractivity contribution in [1.29, 1.82) is 0 Å². The summed E-state index contributed by atoms with van der Waals surface area (Å²) in [6.07, 6.45) is 0.632. The molecule has 0 spiro atoms. The molecule has 0 aliphatic carbocycles. The summed E-state index contributed by atoms with van der Waals surface area (Å²) in [6.45, 7) is 9.22. The maximum absolute atomic E-state index is 11.5. The van der Waals surface area contributed by atoms with Gasteiger partial charge in [0.15, 0.2) is 0 Å². The highest BCUT2D eigenvalue weighted by atomic mass is 35.7. The van der Waals surface area contributed by atoms with Crippen LogP contribution in [0.25, 0.3) is 0 Å². The van der Waals surface area contributed by atoms with Crippen LogP contribution in [0.1, 0.15) is 33.5 Å². The minimum absolute atomic E-state index is 0.0953. The zero-order chi connectivity index (χ0) is 15.6. The standard InChI is InChI=1S/C12H22ClN3O3S/c1-9(12(2,3)4)8-10-14-15-11(20(13,17)18)16(10)6-7-19-5/h9H,6-8H2,1-5H3. The SMILES string of the molecule is COCCn1c(CC(C)C(C)(C)C)nnc1S(=O)(=O)Cl. The van der Waals surface area contributed by atoms with Gasteiger partial charge >= 0.3 is 0 Å². The van der Waals surface area contributed by atoms with Gasteiger partial charge in [-0.25, -0.2) is 8.42 Å². The Morgan fingerprint density at radius 1 is 1.35 bits per heavy atom. The van der Waals surface area contributed by atoms with Gasteiger partial charge in [-0.3, -0.25) is 4.57 Å². The number of hydrogen-bond donors (Lipinski definition) is 0. The number of halogens is 1. The van der Waals surface area contributed by atoms with Crippen LogP contribution in [0.15, 0.2) is 5.16 Å². The van der Waals surface area contributed by atoms with Crippen molar-refractivity contribution < 1.29 is 13.2 Å². The molecule has 0 N–H and O–H groups in total. The fourth-order valence-corrected chi connectivity index (χ4v) is 2.58. The Labute approximate surface area is 124 Å². The summed E-state index contributed by atoms with van der Waals surface area (Å²) in [5.74, 6) is 0.933. The highest BCUT2D eigenvalue weighted by molar-refractivity contribution is 8.13. The number of aromatic nitrogens is 3. The van der Waals surface area contributed by atoms with E-state index in [1.54, 1.807) is 7.11 Å². The Kier molecular flexibility index (Phi) is 5.57. The molecule has 0 aliphatic rings. The van der Waals surface area contributed by atoms with E-state index in [1.807, 2.05) is 0 Å². The Morgan fingerprint density at radius 3 is 2.40 bits per heavy atom. The lowest BCUT2D eigenvalue weighted by Gasteiger charge is -2.26. The molecule has 1 heterocycles. The summed E-state index contributed by atoms with van der Waals surface area (Å²) < 4.78 is 29.5. The predicted molar refractivity (Wildman–Crippen MR) is 77.3 cm³/mol. The molecule has 0 amide bonds. The van der Waals surface area contributed by atoms with Crippen molar-refractivity contribution in [3.05, 3.63) is 5.82 Å². The van der Waals surface area contributed by atoms with Crippen LogP contribution < -0.4 is 0 Å². The van der Waals surface area contributed by atoms with Gasteiger partial charge in [-0.1, -0.05) is 27.7 Å². The Hall–Kier alpha value is -0.660. The first kappa shape index (κ1) is 17.4. The van der Waals surface area contributed by atoms with E-state index in [0.717, 1.165) is 0 Å². The molecule has 116 valence electrons. The average Bonchev–Trinajstić information content (AvgIpc) is 2.67. The monoisotopic (exact) mass is 323 g/mol. The summed E-state index contributed by atoms with van der Waals surface area (Å²) in [6, 6.07) is 0. The highest BCUT2D eigenvalue weighted by Crippen LogP contribution is 2.28. The van der Waals surface area contributed by atoms with Crippen molar-refractivity contribution in [1.82, 2.24) is 14.8 Å². The molecular formula is C12H22ClN3O3S. The Bertz CT molecular complexity index is 549. The first-order valence-electron chi connectivity index (χ1n) is 6.43. The second-order valence-electron chi connectivity index (χ2n) is 5.95. The number of methoxy groups -OCH3 is 1. The van der Waals surface area contributed by atoms with Crippen LogP contribution in [0.3, 0.4) is 0 Å². The van der Waals surface area contributed by atoms with Crippen LogP contribution in [0.2, 0.25) is 0 Å². The lowest BCUT2D eigenvalue weighted by atomic mass is 9.80. The van der Waals surface area contributed by atoms with Crippen molar-refractivity contribution in [2.24, 2.45) is 11.3 Å². The first-order valence-corrected chi connectivity index (χ1v) is 8.74. The summed E-state index contributed by atoms with van der Waals surface area (Å²) in [5, 5.41) is 7.48. The molecule has 20 heavy (non-hydrogen) atoms. The molecule has 1 atom stereocenters. The second kappa shape index (κ2) is 6.41. The average molecular weight is 324 g/mol. The van der Waals surface area contributed by atoms with Crippen molar-refractivity contribution >= 4 is 19.7 Å². The first-order chi connectivity index (χ1) is 9.07. The molecule has 0 bridgehead atoms. The van der Waals surface area contributed by atoms with Gasteiger partial charge in [0.1, 0.15) is 5.82 Å². The molecule has 1 rings (SSSR count). The lowest BCUT2D eigenvalue weighted by molar-refractivity contribution is 0.182. The van der Waals surface area contributed by atoms with Crippen LogP contribution >= 0.6 is 10.7 Å². The van der Waals surface area contributed by atoms with E-state index in [9.17, 15) is 8.42 Å². The van der Waals surface area contributed by atoms with Gasteiger partial charge in [0.2, 0.25) is 0 Å². The van der Waals surface area contributed by atoms with Crippen LogP contribution in [-0.2, 0) is 26.8 Å². The molecule has 1 aromatic heterocycles. The van der Waals surface area contributed by atoms with Crippen LogP contribution in [0.5, 0.6) is 0 Å². The molecule has 6 nitrogen and oxygen atoms in total.